The van der Waals surface area contributed by atoms with Gasteiger partial charge in [-0.15, -0.1) is 0 Å². The molecule has 0 saturated carbocycles. The summed E-state index contributed by atoms with van der Waals surface area (Å²) in [4.78, 5) is 11.2. The highest BCUT2D eigenvalue weighted by molar-refractivity contribution is 5.98. The number of nitrogens with two attached hydrogens (primary N) is 1. The molecule has 0 bridgehead atoms. The Balaban J connectivity index is 3.54. The number of benzene rings is 1. The van der Waals surface area contributed by atoms with Gasteiger partial charge in [-0.2, -0.15) is 13.2 Å². The summed E-state index contributed by atoms with van der Waals surface area (Å²) >= 11 is 0. The zero-order valence-corrected chi connectivity index (χ0v) is 9.39. The lowest BCUT2D eigenvalue weighted by molar-refractivity contribution is -0.138. The molecule has 0 spiro atoms. The van der Waals surface area contributed by atoms with Gasteiger partial charge in [-0.05, 0) is 26.0 Å². The van der Waals surface area contributed by atoms with Crippen LogP contribution in [0.15, 0.2) is 12.1 Å². The molecule has 1 aromatic rings. The molecule has 0 aliphatic rings. The number of alkyl halides is 3. The number of hydrogen-bond donors (Lipinski definition) is 1. The molecule has 2 N–H and O–H groups in total. The van der Waals surface area contributed by atoms with E-state index in [1.165, 1.54) is 19.9 Å². The second kappa shape index (κ2) is 4.65. The summed E-state index contributed by atoms with van der Waals surface area (Å²) in [5.74, 6) is -0.994. The molecule has 0 unspecified atom stereocenters. The van der Waals surface area contributed by atoms with E-state index in [4.69, 9.17) is 10.5 Å². The lowest BCUT2D eigenvalue weighted by Crippen LogP contribution is -2.14. The van der Waals surface area contributed by atoms with Gasteiger partial charge in [0, 0.05) is 5.69 Å². The predicted octanol–water partition coefficient (Wildman–Crippen LogP) is 2.89. The maximum atomic E-state index is 12.8. The van der Waals surface area contributed by atoms with Crippen LogP contribution in [0, 0.1) is 0 Å². The van der Waals surface area contributed by atoms with Gasteiger partial charge in [0.2, 0.25) is 0 Å². The number of hydrogen-bond acceptors (Lipinski definition) is 3. The van der Waals surface area contributed by atoms with Gasteiger partial charge in [0.1, 0.15) is 11.3 Å². The molecule has 0 heterocycles. The first-order chi connectivity index (χ1) is 7.79. The van der Waals surface area contributed by atoms with Gasteiger partial charge < -0.3 is 10.5 Å². The van der Waals surface area contributed by atoms with Crippen molar-refractivity contribution in [1.82, 2.24) is 0 Å². The van der Waals surface area contributed by atoms with Gasteiger partial charge in [0.05, 0.1) is 12.2 Å². The van der Waals surface area contributed by atoms with Crippen molar-refractivity contribution in [3.05, 3.63) is 23.3 Å². The Morgan fingerprint density at radius 3 is 2.41 bits per heavy atom. The molecule has 0 aliphatic heterocycles. The average molecular weight is 247 g/mol. The fraction of sp³-hybridized carbons (Fsp3) is 0.364. The van der Waals surface area contributed by atoms with Crippen LogP contribution in [0.3, 0.4) is 0 Å². The van der Waals surface area contributed by atoms with Crippen LogP contribution in [0.25, 0.3) is 0 Å². The minimum absolute atomic E-state index is 0.0206. The molecule has 6 heteroatoms. The van der Waals surface area contributed by atoms with Gasteiger partial charge in [0.15, 0.2) is 5.78 Å². The number of ketones is 1. The maximum absolute atomic E-state index is 12.8. The van der Waals surface area contributed by atoms with Gasteiger partial charge in [-0.3, -0.25) is 4.79 Å². The van der Waals surface area contributed by atoms with Crippen molar-refractivity contribution in [2.24, 2.45) is 0 Å². The number of carbonyl (C=O) groups excluding carboxylic acids is 1. The largest absolute Gasteiger partial charge is 0.492 e. The van der Waals surface area contributed by atoms with Crippen LogP contribution in [0.5, 0.6) is 5.75 Å². The fourth-order valence-electron chi connectivity index (χ4n) is 1.46. The van der Waals surface area contributed by atoms with E-state index >= 15 is 0 Å². The lowest BCUT2D eigenvalue weighted by atomic mass is 10.0. The average Bonchev–Trinajstić information content (AvgIpc) is 2.15. The van der Waals surface area contributed by atoms with E-state index in [9.17, 15) is 18.0 Å². The van der Waals surface area contributed by atoms with Crippen LogP contribution < -0.4 is 10.5 Å². The van der Waals surface area contributed by atoms with E-state index in [2.05, 4.69) is 0 Å². The number of Topliss-reactive ketones (excluding diaryl/α,β-unsaturated/α-hetero) is 1. The van der Waals surface area contributed by atoms with Crippen molar-refractivity contribution in [3.8, 4) is 5.75 Å². The number of anilines is 1. The first-order valence-electron chi connectivity index (χ1n) is 4.92. The molecular formula is C11H12F3NO2. The third-order valence-corrected chi connectivity index (χ3v) is 2.14. The van der Waals surface area contributed by atoms with E-state index in [0.29, 0.717) is 0 Å². The van der Waals surface area contributed by atoms with Crippen LogP contribution in [0.1, 0.15) is 29.8 Å². The first kappa shape index (κ1) is 13.3. The highest BCUT2D eigenvalue weighted by Gasteiger charge is 2.38. The minimum Gasteiger partial charge on any atom is -0.492 e. The number of nitrogen functional groups attached to an aromatic ring is 1. The second-order valence-electron chi connectivity index (χ2n) is 3.39. The smallest absolute Gasteiger partial charge is 0.421 e. The van der Waals surface area contributed by atoms with E-state index in [-0.39, 0.29) is 12.2 Å². The summed E-state index contributed by atoms with van der Waals surface area (Å²) in [6.45, 7) is 2.73. The lowest BCUT2D eigenvalue weighted by Gasteiger charge is -2.17. The summed E-state index contributed by atoms with van der Waals surface area (Å²) in [5.41, 5.74) is 3.63. The SMILES string of the molecule is CCOc1c(C(C)=O)ccc(N)c1C(F)(F)F. The number of carbonyl (C=O) groups is 1. The normalized spacial score (nSPS) is 11.4. The topological polar surface area (TPSA) is 52.3 Å². The van der Waals surface area contributed by atoms with Crippen LogP contribution in [0.4, 0.5) is 18.9 Å². The molecular weight excluding hydrogens is 235 g/mol. The van der Waals surface area contributed by atoms with E-state index in [0.717, 1.165) is 6.07 Å². The Labute approximate surface area is 96.4 Å². The Hall–Kier alpha value is -1.72. The van der Waals surface area contributed by atoms with Crippen molar-refractivity contribution >= 4 is 11.5 Å². The van der Waals surface area contributed by atoms with Crippen LogP contribution in [0.2, 0.25) is 0 Å². The van der Waals surface area contributed by atoms with Crippen molar-refractivity contribution < 1.29 is 22.7 Å². The predicted molar refractivity (Wildman–Crippen MR) is 57.0 cm³/mol. The summed E-state index contributed by atoms with van der Waals surface area (Å²) < 4.78 is 43.3. The second-order valence-corrected chi connectivity index (χ2v) is 3.39. The van der Waals surface area contributed by atoms with Gasteiger partial charge in [-0.1, -0.05) is 0 Å². The monoisotopic (exact) mass is 247 g/mol. The highest BCUT2D eigenvalue weighted by atomic mass is 19.4. The molecule has 3 nitrogen and oxygen atoms in total. The van der Waals surface area contributed by atoms with Crippen molar-refractivity contribution in [1.29, 1.82) is 0 Å². The summed E-state index contributed by atoms with van der Waals surface area (Å²) in [5, 5.41) is 0. The van der Waals surface area contributed by atoms with E-state index < -0.39 is 29.0 Å². The molecule has 1 aromatic carbocycles. The number of ether oxygens (including phenoxy) is 1. The van der Waals surface area contributed by atoms with Crippen LogP contribution in [-0.4, -0.2) is 12.4 Å². The molecule has 0 saturated heterocycles. The Bertz CT molecular complexity index is 441. The third kappa shape index (κ3) is 2.69. The zero-order chi connectivity index (χ0) is 13.2. The van der Waals surface area contributed by atoms with E-state index in [1.807, 2.05) is 0 Å². The van der Waals surface area contributed by atoms with Crippen LogP contribution in [-0.2, 0) is 6.18 Å². The maximum Gasteiger partial charge on any atom is 0.421 e. The summed E-state index contributed by atoms with van der Waals surface area (Å²) in [7, 11) is 0. The number of halogens is 3. The summed E-state index contributed by atoms with van der Waals surface area (Å²) in [6.07, 6.45) is -4.65. The van der Waals surface area contributed by atoms with Crippen molar-refractivity contribution in [2.75, 3.05) is 12.3 Å². The fourth-order valence-corrected chi connectivity index (χ4v) is 1.46. The molecule has 0 amide bonds. The van der Waals surface area contributed by atoms with Crippen LogP contribution >= 0.6 is 0 Å². The molecule has 0 fully saturated rings. The molecule has 94 valence electrons. The molecule has 0 aliphatic carbocycles. The molecule has 1 rings (SSSR count). The zero-order valence-electron chi connectivity index (χ0n) is 9.39. The first-order valence-corrected chi connectivity index (χ1v) is 4.92. The quantitative estimate of drug-likeness (QED) is 0.660. The van der Waals surface area contributed by atoms with Gasteiger partial charge in [-0.25, -0.2) is 0 Å². The Kier molecular flexibility index (Phi) is 3.65. The van der Waals surface area contributed by atoms with E-state index in [1.54, 1.807) is 0 Å². The van der Waals surface area contributed by atoms with Crippen molar-refractivity contribution in [3.63, 3.8) is 0 Å². The number of rotatable bonds is 3. The third-order valence-electron chi connectivity index (χ3n) is 2.14. The van der Waals surface area contributed by atoms with Gasteiger partial charge >= 0.3 is 6.18 Å². The molecule has 0 aromatic heterocycles. The van der Waals surface area contributed by atoms with Gasteiger partial charge in [0.25, 0.3) is 0 Å². The molecule has 0 radical (unpaired) electrons. The Morgan fingerprint density at radius 2 is 2.00 bits per heavy atom. The summed E-state index contributed by atoms with van der Waals surface area (Å²) in [6, 6.07) is 2.29. The molecule has 0 atom stereocenters. The van der Waals surface area contributed by atoms with Crippen molar-refractivity contribution in [2.45, 2.75) is 20.0 Å². The molecule has 17 heavy (non-hydrogen) atoms. The standard InChI is InChI=1S/C11H12F3NO2/c1-3-17-10-7(6(2)16)4-5-8(15)9(10)11(12,13)14/h4-5H,3,15H2,1-2H3. The highest BCUT2D eigenvalue weighted by Crippen LogP contribution is 2.42. The minimum atomic E-state index is -4.65. The Morgan fingerprint density at radius 1 is 1.41 bits per heavy atom.